The molecule has 1 aromatic heterocycles. The summed E-state index contributed by atoms with van der Waals surface area (Å²) in [5.41, 5.74) is -0.209. The van der Waals surface area contributed by atoms with Crippen LogP contribution in [0.25, 0.3) is 0 Å². The van der Waals surface area contributed by atoms with Crippen molar-refractivity contribution in [3.05, 3.63) is 46.2 Å². The number of aromatic hydroxyl groups is 1. The van der Waals surface area contributed by atoms with Crippen LogP contribution in [0.15, 0.2) is 35.7 Å². The Balaban J connectivity index is 1.83. The standard InChI is InChI=1S/C22H24N2O8S/c1-11-17(24-20(28)14-6-3-7-16(19(14)27)23-10-25)22(30)32-12(2)18(26)15(21(29)31-11)9-13-5-4-8-33-13/h3-8,10-12,15,17-18,26-27H,9H2,1-2H3,(H,23,25)(H,24,28)/t11-,12+,15-,17+,18+/m1/s1. The third kappa shape index (κ3) is 5.49. The maximum atomic E-state index is 12.9. The van der Waals surface area contributed by atoms with Gasteiger partial charge < -0.3 is 30.3 Å². The minimum Gasteiger partial charge on any atom is -0.505 e. The third-order valence-corrected chi connectivity index (χ3v) is 6.20. The molecule has 0 unspecified atom stereocenters. The average Bonchev–Trinajstić information content (AvgIpc) is 3.29. The molecule has 0 bridgehead atoms. The van der Waals surface area contributed by atoms with Crippen molar-refractivity contribution in [3.63, 3.8) is 0 Å². The second kappa shape index (κ2) is 10.5. The van der Waals surface area contributed by atoms with Crippen LogP contribution in [0.4, 0.5) is 5.69 Å². The summed E-state index contributed by atoms with van der Waals surface area (Å²) in [5.74, 6) is -3.96. The zero-order chi connectivity index (χ0) is 24.1. The van der Waals surface area contributed by atoms with Gasteiger partial charge in [0.05, 0.1) is 17.2 Å². The third-order valence-electron chi connectivity index (χ3n) is 5.31. The highest BCUT2D eigenvalue weighted by Gasteiger charge is 2.41. The van der Waals surface area contributed by atoms with Crippen molar-refractivity contribution in [1.82, 2.24) is 5.32 Å². The van der Waals surface area contributed by atoms with Crippen molar-refractivity contribution in [2.75, 3.05) is 5.32 Å². The van der Waals surface area contributed by atoms with Gasteiger partial charge in [-0.3, -0.25) is 14.4 Å². The van der Waals surface area contributed by atoms with Crippen molar-refractivity contribution in [3.8, 4) is 5.75 Å². The zero-order valence-electron chi connectivity index (χ0n) is 17.9. The van der Waals surface area contributed by atoms with E-state index < -0.39 is 53.9 Å². The minimum absolute atomic E-state index is 0.00216. The van der Waals surface area contributed by atoms with Crippen LogP contribution in [0.1, 0.15) is 29.1 Å². The van der Waals surface area contributed by atoms with Crippen LogP contribution < -0.4 is 10.6 Å². The fraction of sp³-hybridized carbons (Fsp3) is 0.364. The first-order valence-corrected chi connectivity index (χ1v) is 11.0. The molecular weight excluding hydrogens is 452 g/mol. The molecule has 10 nitrogen and oxygen atoms in total. The number of esters is 2. The molecule has 33 heavy (non-hydrogen) atoms. The number of cyclic esters (lactones) is 2. The molecule has 3 rings (SSSR count). The van der Waals surface area contributed by atoms with E-state index in [2.05, 4.69) is 10.6 Å². The number of para-hydroxylation sites is 1. The van der Waals surface area contributed by atoms with Gasteiger partial charge in [-0.25, -0.2) is 4.79 Å². The number of nitrogens with one attached hydrogen (secondary N) is 2. The molecule has 0 aliphatic carbocycles. The smallest absolute Gasteiger partial charge is 0.332 e. The van der Waals surface area contributed by atoms with Gasteiger partial charge in [0.2, 0.25) is 6.41 Å². The Kier molecular flexibility index (Phi) is 7.67. The Hall–Kier alpha value is -3.44. The minimum atomic E-state index is -1.40. The molecule has 1 saturated heterocycles. The zero-order valence-corrected chi connectivity index (χ0v) is 18.7. The molecule has 5 atom stereocenters. The van der Waals surface area contributed by atoms with Crippen LogP contribution in [-0.2, 0) is 30.3 Å². The fourth-order valence-electron chi connectivity index (χ4n) is 3.47. The Labute approximate surface area is 193 Å². The van der Waals surface area contributed by atoms with Crippen LogP contribution >= 0.6 is 11.3 Å². The fourth-order valence-corrected chi connectivity index (χ4v) is 4.24. The highest BCUT2D eigenvalue weighted by molar-refractivity contribution is 7.09. The van der Waals surface area contributed by atoms with Crippen LogP contribution in [0.5, 0.6) is 5.75 Å². The number of thiophene rings is 1. The second-order valence-corrected chi connectivity index (χ2v) is 8.61. The number of hydrogen-bond acceptors (Lipinski definition) is 9. The SMILES string of the molecule is C[C@@H]1OC(=O)[C@@H](NC(=O)c2cccc(NC=O)c2O)[C@@H](C)OC(=O)[C@H](Cc2cccs2)[C@H]1O. The lowest BCUT2D eigenvalue weighted by molar-refractivity contribution is -0.159. The summed E-state index contributed by atoms with van der Waals surface area (Å²) in [7, 11) is 0. The lowest BCUT2D eigenvalue weighted by Crippen LogP contribution is -2.50. The topological polar surface area (TPSA) is 151 Å². The first-order chi connectivity index (χ1) is 15.7. The number of hydrogen-bond donors (Lipinski definition) is 4. The Bertz CT molecular complexity index is 1030. The second-order valence-electron chi connectivity index (χ2n) is 7.58. The van der Waals surface area contributed by atoms with Crippen LogP contribution in [0.3, 0.4) is 0 Å². The van der Waals surface area contributed by atoms with Crippen molar-refractivity contribution >= 4 is 41.3 Å². The molecule has 1 aromatic carbocycles. The van der Waals surface area contributed by atoms with Gasteiger partial charge in [0.1, 0.15) is 18.3 Å². The molecule has 4 N–H and O–H groups in total. The van der Waals surface area contributed by atoms with E-state index in [1.807, 2.05) is 17.5 Å². The molecule has 0 saturated carbocycles. The lowest BCUT2D eigenvalue weighted by Gasteiger charge is -2.24. The Morgan fingerprint density at radius 1 is 1.12 bits per heavy atom. The van der Waals surface area contributed by atoms with E-state index in [1.165, 1.54) is 43.4 Å². The van der Waals surface area contributed by atoms with Gasteiger partial charge in [-0.05, 0) is 43.8 Å². The molecule has 2 amide bonds. The van der Waals surface area contributed by atoms with E-state index in [4.69, 9.17) is 9.47 Å². The van der Waals surface area contributed by atoms with E-state index in [0.29, 0.717) is 6.41 Å². The highest BCUT2D eigenvalue weighted by atomic mass is 32.1. The number of benzene rings is 1. The number of anilines is 1. The molecule has 176 valence electrons. The number of carbonyl (C=O) groups excluding carboxylic acids is 4. The van der Waals surface area contributed by atoms with Gasteiger partial charge in [0, 0.05) is 4.88 Å². The number of aliphatic hydroxyl groups excluding tert-OH is 1. The first-order valence-electron chi connectivity index (χ1n) is 10.2. The van der Waals surface area contributed by atoms with Gasteiger partial charge in [0.25, 0.3) is 5.91 Å². The molecule has 2 heterocycles. The van der Waals surface area contributed by atoms with Crippen molar-refractivity contribution in [2.24, 2.45) is 5.92 Å². The Morgan fingerprint density at radius 3 is 2.52 bits per heavy atom. The lowest BCUT2D eigenvalue weighted by atomic mass is 9.94. The number of amides is 2. The number of aliphatic hydroxyl groups is 1. The summed E-state index contributed by atoms with van der Waals surface area (Å²) in [6.07, 6.45) is -2.95. The molecule has 11 heteroatoms. The van der Waals surface area contributed by atoms with E-state index >= 15 is 0 Å². The summed E-state index contributed by atoms with van der Waals surface area (Å²) in [6.45, 7) is 2.87. The summed E-state index contributed by atoms with van der Waals surface area (Å²) in [4.78, 5) is 49.9. The molecule has 0 radical (unpaired) electrons. The van der Waals surface area contributed by atoms with E-state index in [1.54, 1.807) is 0 Å². The van der Waals surface area contributed by atoms with Crippen LogP contribution in [0, 0.1) is 5.92 Å². The van der Waals surface area contributed by atoms with Crippen molar-refractivity contribution < 1.29 is 38.9 Å². The molecule has 1 fully saturated rings. The van der Waals surface area contributed by atoms with Gasteiger partial charge in [-0.1, -0.05) is 12.1 Å². The van der Waals surface area contributed by atoms with Gasteiger partial charge in [0.15, 0.2) is 11.8 Å². The van der Waals surface area contributed by atoms with Crippen LogP contribution in [0.2, 0.25) is 0 Å². The maximum absolute atomic E-state index is 12.9. The average molecular weight is 477 g/mol. The molecule has 1 aliphatic heterocycles. The molecule has 0 spiro atoms. The van der Waals surface area contributed by atoms with E-state index in [9.17, 15) is 29.4 Å². The van der Waals surface area contributed by atoms with E-state index in [0.717, 1.165) is 4.88 Å². The van der Waals surface area contributed by atoms with Gasteiger partial charge in [-0.15, -0.1) is 11.3 Å². The molecular formula is C22H24N2O8S. The predicted octanol–water partition coefficient (Wildman–Crippen LogP) is 1.22. The van der Waals surface area contributed by atoms with Gasteiger partial charge >= 0.3 is 11.9 Å². The van der Waals surface area contributed by atoms with Crippen molar-refractivity contribution in [1.29, 1.82) is 0 Å². The summed E-state index contributed by atoms with van der Waals surface area (Å²) < 4.78 is 10.8. The summed E-state index contributed by atoms with van der Waals surface area (Å²) in [5, 5.41) is 27.4. The Morgan fingerprint density at radius 2 is 1.85 bits per heavy atom. The number of phenolic OH excluding ortho intramolecular Hbond substituents is 1. The van der Waals surface area contributed by atoms with Gasteiger partial charge in [-0.2, -0.15) is 0 Å². The number of carbonyl (C=O) groups is 4. The number of ether oxygens (including phenoxy) is 2. The van der Waals surface area contributed by atoms with Crippen LogP contribution in [-0.4, -0.2) is 58.8 Å². The first kappa shape index (κ1) is 24.2. The largest absolute Gasteiger partial charge is 0.505 e. The predicted molar refractivity (Wildman–Crippen MR) is 118 cm³/mol. The molecule has 2 aromatic rings. The highest BCUT2D eigenvalue weighted by Crippen LogP contribution is 2.28. The van der Waals surface area contributed by atoms with E-state index in [-0.39, 0.29) is 17.7 Å². The summed E-state index contributed by atoms with van der Waals surface area (Å²) in [6, 6.07) is 6.34. The molecule has 1 aliphatic rings. The maximum Gasteiger partial charge on any atom is 0.332 e. The quantitative estimate of drug-likeness (QED) is 0.276. The monoisotopic (exact) mass is 476 g/mol. The number of phenols is 1. The normalized spacial score (nSPS) is 25.6. The number of rotatable bonds is 6. The summed E-state index contributed by atoms with van der Waals surface area (Å²) >= 11 is 1.42. The van der Waals surface area contributed by atoms with Crippen molar-refractivity contribution in [2.45, 2.75) is 44.6 Å².